The highest BCUT2D eigenvalue weighted by molar-refractivity contribution is 6.32. The number of aryl methyl sites for hydroxylation is 1. The Kier molecular flexibility index (Phi) is 2.41. The molecule has 1 aromatic carbocycles. The maximum absolute atomic E-state index is 12.4. The lowest BCUT2D eigenvalue weighted by molar-refractivity contribution is 0.891. The van der Waals surface area contributed by atoms with Gasteiger partial charge in [0.05, 0.1) is 16.9 Å². The van der Waals surface area contributed by atoms with Crippen LogP contribution in [0.3, 0.4) is 0 Å². The molecule has 3 rings (SSSR count). The van der Waals surface area contributed by atoms with Crippen LogP contribution in [0.1, 0.15) is 5.82 Å². The van der Waals surface area contributed by atoms with Crippen molar-refractivity contribution in [1.29, 1.82) is 0 Å². The molecule has 0 spiro atoms. The Bertz CT molecular complexity index is 790. The van der Waals surface area contributed by atoms with Crippen LogP contribution in [0.2, 0.25) is 5.02 Å². The van der Waals surface area contributed by atoms with E-state index in [2.05, 4.69) is 15.2 Å². The summed E-state index contributed by atoms with van der Waals surface area (Å²) >= 11 is 6.12. The zero-order valence-corrected chi connectivity index (χ0v) is 10.3. The number of para-hydroxylation sites is 1. The van der Waals surface area contributed by atoms with Crippen molar-refractivity contribution >= 4 is 22.6 Å². The SMILES string of the molecule is Cc1nc2[nH]ncc2c(=O)n1-c1ccccc1Cl. The van der Waals surface area contributed by atoms with Gasteiger partial charge in [-0.05, 0) is 19.1 Å². The van der Waals surface area contributed by atoms with E-state index in [0.29, 0.717) is 27.6 Å². The fraction of sp³-hybridized carbons (Fsp3) is 0.0833. The molecule has 5 nitrogen and oxygen atoms in total. The van der Waals surface area contributed by atoms with Crippen molar-refractivity contribution in [3.63, 3.8) is 0 Å². The summed E-state index contributed by atoms with van der Waals surface area (Å²) < 4.78 is 1.49. The fourth-order valence-corrected chi connectivity index (χ4v) is 2.14. The zero-order valence-electron chi connectivity index (χ0n) is 9.51. The Balaban J connectivity index is 2.43. The van der Waals surface area contributed by atoms with Gasteiger partial charge in [-0.2, -0.15) is 5.10 Å². The Labute approximate surface area is 107 Å². The molecule has 2 heterocycles. The quantitative estimate of drug-likeness (QED) is 0.728. The van der Waals surface area contributed by atoms with E-state index in [1.807, 2.05) is 12.1 Å². The molecule has 3 aromatic rings. The number of benzene rings is 1. The van der Waals surface area contributed by atoms with Crippen LogP contribution in [0.25, 0.3) is 16.7 Å². The molecule has 90 valence electrons. The van der Waals surface area contributed by atoms with Gasteiger partial charge >= 0.3 is 0 Å². The van der Waals surface area contributed by atoms with Gasteiger partial charge in [0.2, 0.25) is 0 Å². The molecule has 0 unspecified atom stereocenters. The second-order valence-electron chi connectivity index (χ2n) is 3.88. The van der Waals surface area contributed by atoms with Crippen LogP contribution in [0.5, 0.6) is 0 Å². The molecule has 0 aliphatic rings. The van der Waals surface area contributed by atoms with E-state index in [4.69, 9.17) is 11.6 Å². The number of aromatic amines is 1. The van der Waals surface area contributed by atoms with Gasteiger partial charge in [-0.3, -0.25) is 14.5 Å². The number of fused-ring (bicyclic) bond motifs is 1. The standard InChI is InChI=1S/C12H9ClN4O/c1-7-15-11-8(6-14-16-11)12(18)17(7)10-5-3-2-4-9(10)13/h2-6H,1H3,(H,14,16). The third-order valence-corrected chi connectivity index (χ3v) is 3.06. The number of nitrogens with one attached hydrogen (secondary N) is 1. The summed E-state index contributed by atoms with van der Waals surface area (Å²) in [5, 5.41) is 7.47. The fourth-order valence-electron chi connectivity index (χ4n) is 1.92. The number of nitrogens with zero attached hydrogens (tertiary/aromatic N) is 3. The predicted molar refractivity (Wildman–Crippen MR) is 69.2 cm³/mol. The summed E-state index contributed by atoms with van der Waals surface area (Å²) in [5.41, 5.74) is 0.928. The van der Waals surface area contributed by atoms with Gasteiger partial charge in [0.1, 0.15) is 11.2 Å². The summed E-state index contributed by atoms with van der Waals surface area (Å²) in [6, 6.07) is 7.16. The van der Waals surface area contributed by atoms with Crippen LogP contribution in [0.4, 0.5) is 0 Å². The third kappa shape index (κ3) is 1.52. The first kappa shape index (κ1) is 11.0. The topological polar surface area (TPSA) is 63.6 Å². The summed E-state index contributed by atoms with van der Waals surface area (Å²) in [6.45, 7) is 1.75. The minimum absolute atomic E-state index is 0.181. The van der Waals surface area contributed by atoms with Crippen molar-refractivity contribution in [3.05, 3.63) is 51.7 Å². The number of hydrogen-bond acceptors (Lipinski definition) is 3. The van der Waals surface area contributed by atoms with Gasteiger partial charge in [-0.1, -0.05) is 23.7 Å². The number of halogens is 1. The maximum Gasteiger partial charge on any atom is 0.269 e. The van der Waals surface area contributed by atoms with Crippen molar-refractivity contribution in [2.45, 2.75) is 6.92 Å². The van der Waals surface area contributed by atoms with Crippen molar-refractivity contribution in [2.75, 3.05) is 0 Å². The second-order valence-corrected chi connectivity index (χ2v) is 4.29. The van der Waals surface area contributed by atoms with Crippen molar-refractivity contribution in [1.82, 2.24) is 19.7 Å². The normalized spacial score (nSPS) is 11.0. The lowest BCUT2D eigenvalue weighted by Crippen LogP contribution is -2.22. The first-order valence-corrected chi connectivity index (χ1v) is 5.74. The van der Waals surface area contributed by atoms with E-state index in [1.54, 1.807) is 19.1 Å². The van der Waals surface area contributed by atoms with Gasteiger partial charge in [0.15, 0.2) is 5.65 Å². The van der Waals surface area contributed by atoms with Crippen molar-refractivity contribution in [3.8, 4) is 5.69 Å². The molecule has 0 aliphatic carbocycles. The molecule has 1 N–H and O–H groups in total. The van der Waals surface area contributed by atoms with E-state index < -0.39 is 0 Å². The second kappa shape index (κ2) is 3.96. The molecule has 0 aliphatic heterocycles. The smallest absolute Gasteiger partial charge is 0.268 e. The molecule has 0 fully saturated rings. The molecule has 6 heteroatoms. The summed E-state index contributed by atoms with van der Waals surface area (Å²) in [5.74, 6) is 0.560. The van der Waals surface area contributed by atoms with Crippen LogP contribution in [-0.4, -0.2) is 19.7 Å². The van der Waals surface area contributed by atoms with Crippen molar-refractivity contribution in [2.24, 2.45) is 0 Å². The lowest BCUT2D eigenvalue weighted by Gasteiger charge is -2.10. The highest BCUT2D eigenvalue weighted by Crippen LogP contribution is 2.19. The minimum Gasteiger partial charge on any atom is -0.268 e. The van der Waals surface area contributed by atoms with E-state index in [1.165, 1.54) is 10.8 Å². The minimum atomic E-state index is -0.181. The first-order valence-electron chi connectivity index (χ1n) is 5.36. The molecule has 0 atom stereocenters. The van der Waals surface area contributed by atoms with E-state index >= 15 is 0 Å². The van der Waals surface area contributed by atoms with Crippen LogP contribution in [0, 0.1) is 6.92 Å². The molecule has 0 bridgehead atoms. The predicted octanol–water partition coefficient (Wildman–Crippen LogP) is 2.07. The molecule has 2 aromatic heterocycles. The van der Waals surface area contributed by atoms with Crippen LogP contribution < -0.4 is 5.56 Å². The molecule has 18 heavy (non-hydrogen) atoms. The largest absolute Gasteiger partial charge is 0.269 e. The van der Waals surface area contributed by atoms with Gasteiger partial charge < -0.3 is 0 Å². The van der Waals surface area contributed by atoms with Crippen LogP contribution >= 0.6 is 11.6 Å². The molecule has 0 saturated heterocycles. The maximum atomic E-state index is 12.4. The van der Waals surface area contributed by atoms with Gasteiger partial charge in [-0.15, -0.1) is 0 Å². The Morgan fingerprint density at radius 2 is 2.11 bits per heavy atom. The Morgan fingerprint density at radius 3 is 2.89 bits per heavy atom. The zero-order chi connectivity index (χ0) is 12.7. The number of H-pyrrole nitrogens is 1. The highest BCUT2D eigenvalue weighted by Gasteiger charge is 2.12. The number of hydrogen-bond donors (Lipinski definition) is 1. The molecule has 0 amide bonds. The summed E-state index contributed by atoms with van der Waals surface area (Å²) in [7, 11) is 0. The van der Waals surface area contributed by atoms with Gasteiger partial charge in [-0.25, -0.2) is 4.98 Å². The van der Waals surface area contributed by atoms with Crippen molar-refractivity contribution < 1.29 is 0 Å². The van der Waals surface area contributed by atoms with Gasteiger partial charge in [0.25, 0.3) is 5.56 Å². The third-order valence-electron chi connectivity index (χ3n) is 2.74. The Hall–Kier alpha value is -2.14. The first-order chi connectivity index (χ1) is 8.68. The van der Waals surface area contributed by atoms with E-state index in [-0.39, 0.29) is 5.56 Å². The molecule has 0 saturated carbocycles. The lowest BCUT2D eigenvalue weighted by atomic mass is 10.3. The molecular formula is C12H9ClN4O. The monoisotopic (exact) mass is 260 g/mol. The summed E-state index contributed by atoms with van der Waals surface area (Å²) in [4.78, 5) is 16.7. The van der Waals surface area contributed by atoms with Gasteiger partial charge in [0, 0.05) is 0 Å². The highest BCUT2D eigenvalue weighted by atomic mass is 35.5. The average Bonchev–Trinajstić information content (AvgIpc) is 2.79. The number of aromatic nitrogens is 4. The number of rotatable bonds is 1. The van der Waals surface area contributed by atoms with Crippen LogP contribution in [0.15, 0.2) is 35.3 Å². The average molecular weight is 261 g/mol. The van der Waals surface area contributed by atoms with E-state index in [0.717, 1.165) is 0 Å². The Morgan fingerprint density at radius 1 is 1.33 bits per heavy atom. The van der Waals surface area contributed by atoms with E-state index in [9.17, 15) is 4.79 Å². The molecular weight excluding hydrogens is 252 g/mol. The van der Waals surface area contributed by atoms with Crippen LogP contribution in [-0.2, 0) is 0 Å². The summed E-state index contributed by atoms with van der Waals surface area (Å²) in [6.07, 6.45) is 1.47. The molecule has 0 radical (unpaired) electrons.